The van der Waals surface area contributed by atoms with Crippen LogP contribution in [0, 0.1) is 0 Å². The average Bonchev–Trinajstić information content (AvgIpc) is 2.58. The first-order valence-electron chi connectivity index (χ1n) is 6.74. The van der Waals surface area contributed by atoms with Gasteiger partial charge < -0.3 is 14.8 Å². The molecule has 0 aliphatic heterocycles. The number of carbonyl (C=O) groups excluding carboxylic acids is 1. The molecule has 0 aliphatic carbocycles. The molecular weight excluding hydrogens is 300 g/mol. The van der Waals surface area contributed by atoms with Gasteiger partial charge in [-0.3, -0.25) is 9.78 Å². The van der Waals surface area contributed by atoms with Crippen molar-refractivity contribution in [2.75, 3.05) is 20.0 Å². The van der Waals surface area contributed by atoms with E-state index in [1.807, 2.05) is 36.4 Å². The van der Waals surface area contributed by atoms with E-state index in [1.165, 1.54) is 11.8 Å². The highest BCUT2D eigenvalue weighted by Crippen LogP contribution is 2.31. The molecule has 0 saturated heterocycles. The Labute approximate surface area is 134 Å². The van der Waals surface area contributed by atoms with E-state index in [0.717, 1.165) is 10.6 Å². The van der Waals surface area contributed by atoms with Gasteiger partial charge in [-0.25, -0.2) is 0 Å². The number of carbonyl (C=O) groups is 1. The van der Waals surface area contributed by atoms with E-state index in [4.69, 9.17) is 9.47 Å². The second-order valence-electron chi connectivity index (χ2n) is 4.40. The summed E-state index contributed by atoms with van der Waals surface area (Å²) in [7, 11) is 3.18. The summed E-state index contributed by atoms with van der Waals surface area (Å²) >= 11 is 1.44. The smallest absolute Gasteiger partial charge is 0.230 e. The maximum Gasteiger partial charge on any atom is 0.230 e. The van der Waals surface area contributed by atoms with Crippen LogP contribution in [-0.4, -0.2) is 30.9 Å². The van der Waals surface area contributed by atoms with Gasteiger partial charge in [0, 0.05) is 11.1 Å². The van der Waals surface area contributed by atoms with Crippen molar-refractivity contribution in [3.05, 3.63) is 48.3 Å². The van der Waals surface area contributed by atoms with Crippen LogP contribution in [0.15, 0.2) is 47.5 Å². The molecule has 0 spiro atoms. The van der Waals surface area contributed by atoms with Crippen molar-refractivity contribution in [2.45, 2.75) is 11.4 Å². The summed E-state index contributed by atoms with van der Waals surface area (Å²) in [5.41, 5.74) is 0.840. The number of ether oxygens (including phenoxy) is 2. The van der Waals surface area contributed by atoms with Crippen LogP contribution in [0.5, 0.6) is 11.5 Å². The van der Waals surface area contributed by atoms with Gasteiger partial charge in [-0.15, -0.1) is 11.8 Å². The largest absolute Gasteiger partial charge is 0.493 e. The molecule has 2 aromatic rings. The molecule has 6 heteroatoms. The monoisotopic (exact) mass is 318 g/mol. The standard InChI is InChI=1S/C16H18N2O3S/c1-20-14-7-6-13(9-15(14)21-2)22-11-16(19)18-10-12-5-3-4-8-17-12/h3-9H,10-11H2,1-2H3,(H,18,19). The summed E-state index contributed by atoms with van der Waals surface area (Å²) in [6, 6.07) is 11.2. The lowest BCUT2D eigenvalue weighted by Crippen LogP contribution is -2.24. The Kier molecular flexibility index (Phi) is 6.09. The topological polar surface area (TPSA) is 60.5 Å². The fourth-order valence-electron chi connectivity index (χ4n) is 1.80. The SMILES string of the molecule is COc1ccc(SCC(=O)NCc2ccccn2)cc1OC. The second-order valence-corrected chi connectivity index (χ2v) is 5.45. The van der Waals surface area contributed by atoms with Crippen LogP contribution in [0.3, 0.4) is 0 Å². The maximum atomic E-state index is 11.9. The number of hydrogen-bond acceptors (Lipinski definition) is 5. The van der Waals surface area contributed by atoms with Crippen molar-refractivity contribution < 1.29 is 14.3 Å². The minimum Gasteiger partial charge on any atom is -0.493 e. The molecule has 116 valence electrons. The van der Waals surface area contributed by atoms with Crippen LogP contribution in [0.2, 0.25) is 0 Å². The number of hydrogen-bond donors (Lipinski definition) is 1. The van der Waals surface area contributed by atoms with E-state index in [9.17, 15) is 4.79 Å². The number of aromatic nitrogens is 1. The number of pyridine rings is 1. The molecule has 0 atom stereocenters. The minimum atomic E-state index is -0.0366. The molecule has 1 aromatic heterocycles. The van der Waals surface area contributed by atoms with E-state index in [-0.39, 0.29) is 5.91 Å². The Morgan fingerprint density at radius 3 is 2.68 bits per heavy atom. The lowest BCUT2D eigenvalue weighted by Gasteiger charge is -2.09. The third-order valence-corrected chi connectivity index (χ3v) is 3.91. The van der Waals surface area contributed by atoms with Crippen LogP contribution in [-0.2, 0) is 11.3 Å². The van der Waals surface area contributed by atoms with Crippen LogP contribution in [0.25, 0.3) is 0 Å². The zero-order valence-electron chi connectivity index (χ0n) is 12.5. The third-order valence-electron chi connectivity index (χ3n) is 2.92. The summed E-state index contributed by atoms with van der Waals surface area (Å²) in [6.45, 7) is 0.437. The van der Waals surface area contributed by atoms with Gasteiger partial charge in [0.25, 0.3) is 0 Å². The predicted molar refractivity (Wildman–Crippen MR) is 86.4 cm³/mol. The highest BCUT2D eigenvalue weighted by molar-refractivity contribution is 8.00. The molecule has 0 unspecified atom stereocenters. The van der Waals surface area contributed by atoms with E-state index >= 15 is 0 Å². The average molecular weight is 318 g/mol. The van der Waals surface area contributed by atoms with Crippen molar-refractivity contribution >= 4 is 17.7 Å². The molecule has 0 saturated carbocycles. The van der Waals surface area contributed by atoms with Gasteiger partial charge in [0.1, 0.15) is 0 Å². The summed E-state index contributed by atoms with van der Waals surface area (Å²) in [5, 5.41) is 2.84. The summed E-state index contributed by atoms with van der Waals surface area (Å²) in [6.07, 6.45) is 1.71. The molecule has 5 nitrogen and oxygen atoms in total. The van der Waals surface area contributed by atoms with E-state index in [2.05, 4.69) is 10.3 Å². The number of rotatable bonds is 7. The Balaban J connectivity index is 1.83. The fourth-order valence-corrected chi connectivity index (χ4v) is 2.55. The van der Waals surface area contributed by atoms with Gasteiger partial charge in [-0.1, -0.05) is 6.07 Å². The van der Waals surface area contributed by atoms with Gasteiger partial charge in [0.2, 0.25) is 5.91 Å². The number of nitrogens with zero attached hydrogens (tertiary/aromatic N) is 1. The molecule has 1 heterocycles. The van der Waals surface area contributed by atoms with E-state index in [1.54, 1.807) is 20.4 Å². The van der Waals surface area contributed by atoms with Gasteiger partial charge in [-0.05, 0) is 30.3 Å². The molecule has 0 radical (unpaired) electrons. The first-order chi connectivity index (χ1) is 10.7. The molecule has 0 aliphatic rings. The van der Waals surface area contributed by atoms with Gasteiger partial charge >= 0.3 is 0 Å². The molecule has 0 fully saturated rings. The van der Waals surface area contributed by atoms with Crippen molar-refractivity contribution in [3.63, 3.8) is 0 Å². The number of methoxy groups -OCH3 is 2. The highest BCUT2D eigenvalue weighted by atomic mass is 32.2. The molecule has 1 aromatic carbocycles. The van der Waals surface area contributed by atoms with Crippen LogP contribution in [0.1, 0.15) is 5.69 Å². The van der Waals surface area contributed by atoms with Crippen molar-refractivity contribution in [1.29, 1.82) is 0 Å². The van der Waals surface area contributed by atoms with Crippen LogP contribution < -0.4 is 14.8 Å². The van der Waals surface area contributed by atoms with Gasteiger partial charge in [0.05, 0.1) is 32.2 Å². The lowest BCUT2D eigenvalue weighted by molar-refractivity contribution is -0.118. The summed E-state index contributed by atoms with van der Waals surface area (Å²) in [4.78, 5) is 17.0. The summed E-state index contributed by atoms with van der Waals surface area (Å²) in [5.74, 6) is 1.63. The molecule has 22 heavy (non-hydrogen) atoms. The third kappa shape index (κ3) is 4.66. The van der Waals surface area contributed by atoms with Gasteiger partial charge in [0.15, 0.2) is 11.5 Å². The second kappa shape index (κ2) is 8.29. The Morgan fingerprint density at radius 2 is 2.00 bits per heavy atom. The fraction of sp³-hybridized carbons (Fsp3) is 0.250. The Hall–Kier alpha value is -2.21. The van der Waals surface area contributed by atoms with Crippen LogP contribution >= 0.6 is 11.8 Å². The van der Waals surface area contributed by atoms with Crippen molar-refractivity contribution in [1.82, 2.24) is 10.3 Å². The zero-order valence-corrected chi connectivity index (χ0v) is 13.4. The Bertz CT molecular complexity index is 620. The molecule has 0 bridgehead atoms. The normalized spacial score (nSPS) is 10.1. The molecule has 1 N–H and O–H groups in total. The number of thioether (sulfide) groups is 1. The van der Waals surface area contributed by atoms with Gasteiger partial charge in [-0.2, -0.15) is 0 Å². The Morgan fingerprint density at radius 1 is 1.18 bits per heavy atom. The van der Waals surface area contributed by atoms with Crippen molar-refractivity contribution in [3.8, 4) is 11.5 Å². The van der Waals surface area contributed by atoms with Crippen LogP contribution in [0.4, 0.5) is 0 Å². The first kappa shape index (κ1) is 16.2. The number of amides is 1. The lowest BCUT2D eigenvalue weighted by atomic mass is 10.3. The van der Waals surface area contributed by atoms with E-state index in [0.29, 0.717) is 23.8 Å². The van der Waals surface area contributed by atoms with Crippen molar-refractivity contribution in [2.24, 2.45) is 0 Å². The van der Waals surface area contributed by atoms with E-state index < -0.39 is 0 Å². The minimum absolute atomic E-state index is 0.0366. The quantitative estimate of drug-likeness (QED) is 0.795. The maximum absolute atomic E-state index is 11.9. The molecular formula is C16H18N2O3S. The molecule has 1 amide bonds. The number of benzene rings is 1. The first-order valence-corrected chi connectivity index (χ1v) is 7.73. The summed E-state index contributed by atoms with van der Waals surface area (Å²) < 4.78 is 10.4. The predicted octanol–water partition coefficient (Wildman–Crippen LogP) is 2.51. The highest BCUT2D eigenvalue weighted by Gasteiger charge is 2.07. The molecule has 2 rings (SSSR count). The zero-order chi connectivity index (χ0) is 15.8. The number of nitrogens with one attached hydrogen (secondary N) is 1.